The van der Waals surface area contributed by atoms with E-state index in [1.165, 1.54) is 0 Å². The van der Waals surface area contributed by atoms with Gasteiger partial charge < -0.3 is 5.73 Å². The highest BCUT2D eigenvalue weighted by molar-refractivity contribution is 7.99. The zero-order valence-corrected chi connectivity index (χ0v) is 9.42. The Hall–Kier alpha value is -1.29. The number of nitrogens with zero attached hydrogens (tertiary/aromatic N) is 2. The summed E-state index contributed by atoms with van der Waals surface area (Å²) < 4.78 is 0. The molecule has 1 aromatic carbocycles. The fourth-order valence-electron chi connectivity index (χ4n) is 1.37. The molecule has 2 N–H and O–H groups in total. The minimum atomic E-state index is 0.354. The molecule has 0 atom stereocenters. The summed E-state index contributed by atoms with van der Waals surface area (Å²) in [6, 6.07) is 7.96. The predicted octanol–water partition coefficient (Wildman–Crippen LogP) is 2.71. The third-order valence-corrected chi connectivity index (χ3v) is 3.23. The molecule has 1 heterocycles. The van der Waals surface area contributed by atoms with Gasteiger partial charge in [-0.05, 0) is 18.2 Å². The fraction of sp³-hybridized carbons (Fsp3) is 0.273. The van der Waals surface area contributed by atoms with Crippen molar-refractivity contribution in [1.82, 2.24) is 9.97 Å². The lowest BCUT2D eigenvalue weighted by Crippen LogP contribution is -1.97. The Morgan fingerprint density at radius 2 is 2.07 bits per heavy atom. The van der Waals surface area contributed by atoms with Crippen LogP contribution < -0.4 is 5.73 Å². The van der Waals surface area contributed by atoms with E-state index < -0.39 is 0 Å². The molecule has 0 bridgehead atoms. The van der Waals surface area contributed by atoms with Crippen molar-refractivity contribution in [3.63, 3.8) is 0 Å². The van der Waals surface area contributed by atoms with Crippen molar-refractivity contribution in [2.45, 2.75) is 18.4 Å². The van der Waals surface area contributed by atoms with Crippen LogP contribution >= 0.6 is 11.8 Å². The first kappa shape index (κ1) is 10.2. The highest BCUT2D eigenvalue weighted by atomic mass is 32.2. The highest BCUT2D eigenvalue weighted by Gasteiger charge is 2.05. The van der Waals surface area contributed by atoms with Crippen LogP contribution in [0.5, 0.6) is 0 Å². The van der Waals surface area contributed by atoms with Gasteiger partial charge in [0.25, 0.3) is 0 Å². The number of nitrogens with two attached hydrogens (primary N) is 1. The number of nitrogen functional groups attached to an aromatic ring is 1. The lowest BCUT2D eigenvalue weighted by atomic mass is 10.2. The Bertz CT molecular complexity index is 470. The standard InChI is InChI=1S/C11H13N3S/c1-2-7-15-10-8-5-3-4-6-9(8)13-11(12)14-10/h3-6H,2,7H2,1H3,(H2,12,13,14). The second-order valence-corrected chi connectivity index (χ2v) is 4.34. The van der Waals surface area contributed by atoms with Gasteiger partial charge in [-0.25, -0.2) is 9.97 Å². The number of benzene rings is 1. The van der Waals surface area contributed by atoms with Crippen LogP contribution in [-0.2, 0) is 0 Å². The van der Waals surface area contributed by atoms with Gasteiger partial charge in [-0.3, -0.25) is 0 Å². The first-order valence-corrected chi connectivity index (χ1v) is 5.95. The molecule has 0 aliphatic heterocycles. The maximum Gasteiger partial charge on any atom is 0.221 e. The summed E-state index contributed by atoms with van der Waals surface area (Å²) >= 11 is 1.73. The minimum Gasteiger partial charge on any atom is -0.368 e. The highest BCUT2D eigenvalue weighted by Crippen LogP contribution is 2.25. The molecule has 0 fully saturated rings. The molecule has 2 rings (SSSR count). The van der Waals surface area contributed by atoms with Crippen LogP contribution in [-0.4, -0.2) is 15.7 Å². The topological polar surface area (TPSA) is 51.8 Å². The molecule has 15 heavy (non-hydrogen) atoms. The molecule has 0 amide bonds. The lowest BCUT2D eigenvalue weighted by Gasteiger charge is -2.04. The molecule has 0 spiro atoms. The molecule has 0 aliphatic carbocycles. The number of rotatable bonds is 3. The van der Waals surface area contributed by atoms with E-state index >= 15 is 0 Å². The first-order valence-electron chi connectivity index (χ1n) is 4.96. The number of aromatic nitrogens is 2. The SMILES string of the molecule is CCCSc1nc(N)nc2ccccc12. The van der Waals surface area contributed by atoms with E-state index in [2.05, 4.69) is 16.9 Å². The minimum absolute atomic E-state index is 0.354. The molecule has 0 saturated carbocycles. The third kappa shape index (κ3) is 2.21. The molecule has 3 nitrogen and oxygen atoms in total. The second-order valence-electron chi connectivity index (χ2n) is 3.25. The van der Waals surface area contributed by atoms with Gasteiger partial charge in [0.1, 0.15) is 5.03 Å². The normalized spacial score (nSPS) is 10.7. The number of para-hydroxylation sites is 1. The number of thioether (sulfide) groups is 1. The van der Waals surface area contributed by atoms with Gasteiger partial charge in [0, 0.05) is 5.39 Å². The van der Waals surface area contributed by atoms with Crippen molar-refractivity contribution in [3.8, 4) is 0 Å². The van der Waals surface area contributed by atoms with E-state index in [0.29, 0.717) is 5.95 Å². The largest absolute Gasteiger partial charge is 0.368 e. The summed E-state index contributed by atoms with van der Waals surface area (Å²) in [5.74, 6) is 1.41. The van der Waals surface area contributed by atoms with Gasteiger partial charge >= 0.3 is 0 Å². The zero-order valence-electron chi connectivity index (χ0n) is 8.60. The van der Waals surface area contributed by atoms with Crippen LogP contribution in [0.25, 0.3) is 10.9 Å². The van der Waals surface area contributed by atoms with Gasteiger partial charge in [0.05, 0.1) is 5.52 Å². The summed E-state index contributed by atoms with van der Waals surface area (Å²) in [5, 5.41) is 2.07. The fourth-order valence-corrected chi connectivity index (χ4v) is 2.26. The van der Waals surface area contributed by atoms with Crippen LogP contribution in [0.1, 0.15) is 13.3 Å². The van der Waals surface area contributed by atoms with Gasteiger partial charge in [0.2, 0.25) is 5.95 Å². The average Bonchev–Trinajstić information content (AvgIpc) is 2.25. The number of fused-ring (bicyclic) bond motifs is 1. The molecular weight excluding hydrogens is 206 g/mol. The molecule has 78 valence electrons. The zero-order chi connectivity index (χ0) is 10.7. The van der Waals surface area contributed by atoms with E-state index in [1.807, 2.05) is 24.3 Å². The van der Waals surface area contributed by atoms with Gasteiger partial charge in [-0.2, -0.15) is 0 Å². The van der Waals surface area contributed by atoms with Crippen molar-refractivity contribution in [3.05, 3.63) is 24.3 Å². The maximum absolute atomic E-state index is 5.66. The summed E-state index contributed by atoms with van der Waals surface area (Å²) in [7, 11) is 0. The Morgan fingerprint density at radius 3 is 2.87 bits per heavy atom. The average molecular weight is 219 g/mol. The molecule has 0 radical (unpaired) electrons. The number of hydrogen-bond donors (Lipinski definition) is 1. The summed E-state index contributed by atoms with van der Waals surface area (Å²) in [6.07, 6.45) is 1.13. The molecule has 0 aliphatic rings. The Morgan fingerprint density at radius 1 is 1.27 bits per heavy atom. The maximum atomic E-state index is 5.66. The van der Waals surface area contributed by atoms with Crippen LogP contribution in [0.3, 0.4) is 0 Å². The van der Waals surface area contributed by atoms with Crippen LogP contribution in [0.2, 0.25) is 0 Å². The molecule has 0 saturated heterocycles. The van der Waals surface area contributed by atoms with E-state index in [1.54, 1.807) is 11.8 Å². The van der Waals surface area contributed by atoms with Crippen molar-refractivity contribution >= 4 is 28.6 Å². The monoisotopic (exact) mass is 219 g/mol. The summed E-state index contributed by atoms with van der Waals surface area (Å²) in [4.78, 5) is 8.47. The van der Waals surface area contributed by atoms with E-state index in [-0.39, 0.29) is 0 Å². The van der Waals surface area contributed by atoms with Crippen molar-refractivity contribution < 1.29 is 0 Å². The van der Waals surface area contributed by atoms with Gasteiger partial charge in [-0.15, -0.1) is 11.8 Å². The second kappa shape index (κ2) is 4.49. The van der Waals surface area contributed by atoms with Crippen LogP contribution in [0.15, 0.2) is 29.3 Å². The van der Waals surface area contributed by atoms with E-state index in [0.717, 1.165) is 28.1 Å². The van der Waals surface area contributed by atoms with Crippen molar-refractivity contribution in [1.29, 1.82) is 0 Å². The first-order chi connectivity index (χ1) is 7.31. The van der Waals surface area contributed by atoms with Gasteiger partial charge in [-0.1, -0.05) is 25.1 Å². The summed E-state index contributed by atoms with van der Waals surface area (Å²) in [5.41, 5.74) is 6.58. The van der Waals surface area contributed by atoms with E-state index in [9.17, 15) is 0 Å². The van der Waals surface area contributed by atoms with E-state index in [4.69, 9.17) is 5.73 Å². The molecule has 2 aromatic rings. The van der Waals surface area contributed by atoms with Crippen LogP contribution in [0.4, 0.5) is 5.95 Å². The van der Waals surface area contributed by atoms with Crippen LogP contribution in [0, 0.1) is 0 Å². The predicted molar refractivity (Wildman–Crippen MR) is 65.0 cm³/mol. The Labute approximate surface area is 93.1 Å². The number of hydrogen-bond acceptors (Lipinski definition) is 4. The molecule has 1 aromatic heterocycles. The Balaban J connectivity index is 2.50. The Kier molecular flexibility index (Phi) is 3.06. The molecule has 4 heteroatoms. The smallest absolute Gasteiger partial charge is 0.221 e. The van der Waals surface area contributed by atoms with Gasteiger partial charge in [0.15, 0.2) is 0 Å². The summed E-state index contributed by atoms with van der Waals surface area (Å²) in [6.45, 7) is 2.15. The molecule has 0 unspecified atom stereocenters. The lowest BCUT2D eigenvalue weighted by molar-refractivity contribution is 1.08. The third-order valence-electron chi connectivity index (χ3n) is 2.03. The number of anilines is 1. The quantitative estimate of drug-likeness (QED) is 0.637. The van der Waals surface area contributed by atoms with Crippen molar-refractivity contribution in [2.75, 3.05) is 11.5 Å². The molecular formula is C11H13N3S. The van der Waals surface area contributed by atoms with Crippen molar-refractivity contribution in [2.24, 2.45) is 0 Å².